The van der Waals surface area contributed by atoms with Crippen molar-refractivity contribution in [3.8, 4) is 0 Å². The van der Waals surface area contributed by atoms with Crippen LogP contribution < -0.4 is 5.69 Å². The molecule has 1 aromatic heterocycles. The third-order valence-corrected chi connectivity index (χ3v) is 3.59. The highest BCUT2D eigenvalue weighted by atomic mass is 16.3. The number of aryl methyl sites for hydroxylation is 2. The van der Waals surface area contributed by atoms with Gasteiger partial charge in [0.1, 0.15) is 0 Å². The molecule has 0 spiro atoms. The number of aromatic nitrogens is 2. The number of carbonyl (C=O) groups excluding carboxylic acids is 1. The fraction of sp³-hybridized carbons (Fsp3) is 0.615. The van der Waals surface area contributed by atoms with E-state index in [0.717, 1.165) is 5.56 Å². The quantitative estimate of drug-likeness (QED) is 0.782. The number of aliphatic hydroxyl groups is 1. The van der Waals surface area contributed by atoms with Gasteiger partial charge in [0.2, 0.25) is 5.91 Å². The van der Waals surface area contributed by atoms with Gasteiger partial charge in [0, 0.05) is 30.0 Å². The second-order valence-electron chi connectivity index (χ2n) is 5.47. The predicted octanol–water partition coefficient (Wildman–Crippen LogP) is -0.0875. The minimum atomic E-state index is -0.789. The Morgan fingerprint density at radius 1 is 1.53 bits per heavy atom. The summed E-state index contributed by atoms with van der Waals surface area (Å²) >= 11 is 0. The van der Waals surface area contributed by atoms with Crippen molar-refractivity contribution in [3.05, 3.63) is 27.4 Å². The van der Waals surface area contributed by atoms with Crippen LogP contribution in [0.2, 0.25) is 0 Å². The Kier molecular flexibility index (Phi) is 3.45. The first-order valence-corrected chi connectivity index (χ1v) is 6.35. The van der Waals surface area contributed by atoms with Crippen LogP contribution in [0.25, 0.3) is 0 Å². The molecular weight excluding hydrogens is 246 g/mol. The Balaban J connectivity index is 2.14. The summed E-state index contributed by atoms with van der Waals surface area (Å²) in [6.07, 6.45) is 0.804. The maximum atomic E-state index is 12.2. The van der Waals surface area contributed by atoms with Crippen LogP contribution in [0.3, 0.4) is 0 Å². The first-order chi connectivity index (χ1) is 8.78. The van der Waals surface area contributed by atoms with Crippen LogP contribution in [-0.2, 0) is 11.2 Å². The fourth-order valence-corrected chi connectivity index (χ4v) is 2.44. The van der Waals surface area contributed by atoms with Crippen LogP contribution in [0.15, 0.2) is 4.79 Å². The van der Waals surface area contributed by atoms with E-state index in [1.165, 1.54) is 0 Å². The molecule has 19 heavy (non-hydrogen) atoms. The van der Waals surface area contributed by atoms with Crippen LogP contribution in [0.4, 0.5) is 0 Å². The molecule has 1 amide bonds. The van der Waals surface area contributed by atoms with Gasteiger partial charge in [-0.05, 0) is 27.2 Å². The summed E-state index contributed by atoms with van der Waals surface area (Å²) < 4.78 is 0. The van der Waals surface area contributed by atoms with Gasteiger partial charge in [0.05, 0.1) is 12.0 Å². The van der Waals surface area contributed by atoms with E-state index in [4.69, 9.17) is 0 Å². The molecule has 1 aliphatic rings. The lowest BCUT2D eigenvalue weighted by molar-refractivity contribution is -0.130. The molecule has 0 aliphatic carbocycles. The average molecular weight is 265 g/mol. The maximum absolute atomic E-state index is 12.2. The molecule has 0 radical (unpaired) electrons. The van der Waals surface area contributed by atoms with Crippen molar-refractivity contribution >= 4 is 5.91 Å². The zero-order chi connectivity index (χ0) is 14.2. The second-order valence-corrected chi connectivity index (χ2v) is 5.47. The van der Waals surface area contributed by atoms with Gasteiger partial charge in [0.25, 0.3) is 0 Å². The minimum Gasteiger partial charge on any atom is -0.388 e. The summed E-state index contributed by atoms with van der Waals surface area (Å²) in [5, 5.41) is 9.87. The molecule has 1 aromatic rings. The van der Waals surface area contributed by atoms with Gasteiger partial charge in [-0.3, -0.25) is 4.79 Å². The van der Waals surface area contributed by atoms with Gasteiger partial charge in [-0.25, -0.2) is 4.79 Å². The minimum absolute atomic E-state index is 0.0437. The van der Waals surface area contributed by atoms with Gasteiger partial charge >= 0.3 is 5.69 Å². The SMILES string of the molecule is Cc1nc(=O)[nH]c(C)c1CC(=O)N1CCC(C)(O)C1. The highest BCUT2D eigenvalue weighted by molar-refractivity contribution is 5.79. The highest BCUT2D eigenvalue weighted by Crippen LogP contribution is 2.21. The number of H-pyrrole nitrogens is 1. The first kappa shape index (κ1) is 13.7. The van der Waals surface area contributed by atoms with Crippen LogP contribution >= 0.6 is 0 Å². The van der Waals surface area contributed by atoms with E-state index < -0.39 is 11.3 Å². The number of nitrogens with zero attached hydrogens (tertiary/aromatic N) is 2. The largest absolute Gasteiger partial charge is 0.388 e. The lowest BCUT2D eigenvalue weighted by Crippen LogP contribution is -2.35. The summed E-state index contributed by atoms with van der Waals surface area (Å²) in [6, 6.07) is 0. The fourth-order valence-electron chi connectivity index (χ4n) is 2.44. The van der Waals surface area contributed by atoms with Gasteiger partial charge in [0.15, 0.2) is 0 Å². The van der Waals surface area contributed by atoms with E-state index in [9.17, 15) is 14.7 Å². The first-order valence-electron chi connectivity index (χ1n) is 6.35. The van der Waals surface area contributed by atoms with E-state index >= 15 is 0 Å². The van der Waals surface area contributed by atoms with Crippen LogP contribution in [0.1, 0.15) is 30.3 Å². The Morgan fingerprint density at radius 2 is 2.21 bits per heavy atom. The third kappa shape index (κ3) is 3.01. The zero-order valence-electron chi connectivity index (χ0n) is 11.5. The smallest absolute Gasteiger partial charge is 0.345 e. The number of carbonyl (C=O) groups is 1. The van der Waals surface area contributed by atoms with Crippen LogP contribution in [0, 0.1) is 13.8 Å². The lowest BCUT2D eigenvalue weighted by Gasteiger charge is -2.19. The molecule has 2 heterocycles. The van der Waals surface area contributed by atoms with Gasteiger partial charge in [-0.15, -0.1) is 0 Å². The number of nitrogens with one attached hydrogen (secondary N) is 1. The molecule has 2 rings (SSSR count). The van der Waals surface area contributed by atoms with Crippen molar-refractivity contribution in [2.45, 2.75) is 39.2 Å². The highest BCUT2D eigenvalue weighted by Gasteiger charge is 2.34. The summed E-state index contributed by atoms with van der Waals surface area (Å²) in [6.45, 7) is 6.16. The molecule has 2 N–H and O–H groups in total. The normalized spacial score (nSPS) is 22.8. The van der Waals surface area contributed by atoms with Crippen molar-refractivity contribution in [2.75, 3.05) is 13.1 Å². The molecule has 0 saturated carbocycles. The van der Waals surface area contributed by atoms with Crippen molar-refractivity contribution in [3.63, 3.8) is 0 Å². The monoisotopic (exact) mass is 265 g/mol. The van der Waals surface area contributed by atoms with Crippen molar-refractivity contribution in [1.82, 2.24) is 14.9 Å². The molecule has 1 fully saturated rings. The average Bonchev–Trinajstić information content (AvgIpc) is 2.64. The van der Waals surface area contributed by atoms with Crippen LogP contribution in [0.5, 0.6) is 0 Å². The molecule has 1 atom stereocenters. The number of amides is 1. The molecule has 1 aliphatic heterocycles. The molecule has 104 valence electrons. The summed E-state index contributed by atoms with van der Waals surface area (Å²) in [5.41, 5.74) is 0.840. The maximum Gasteiger partial charge on any atom is 0.345 e. The Bertz CT molecular complexity index is 536. The van der Waals surface area contributed by atoms with Gasteiger partial charge < -0.3 is 15.0 Å². The third-order valence-electron chi connectivity index (χ3n) is 3.59. The number of likely N-dealkylation sites (tertiary alicyclic amines) is 1. The number of β-amino-alcohol motifs (C(OH)–C–C–N with tert-alkyl or cyclic N) is 1. The molecular formula is C13H19N3O3. The van der Waals surface area contributed by atoms with E-state index in [0.29, 0.717) is 30.9 Å². The Labute approximate surface area is 111 Å². The van der Waals surface area contributed by atoms with Gasteiger partial charge in [-0.1, -0.05) is 0 Å². The van der Waals surface area contributed by atoms with Crippen LogP contribution in [-0.4, -0.2) is 44.6 Å². The van der Waals surface area contributed by atoms with E-state index in [1.807, 2.05) is 0 Å². The van der Waals surface area contributed by atoms with Crippen molar-refractivity contribution in [2.24, 2.45) is 0 Å². The number of hydrogen-bond donors (Lipinski definition) is 2. The molecule has 6 nitrogen and oxygen atoms in total. The van der Waals surface area contributed by atoms with E-state index in [2.05, 4.69) is 9.97 Å². The molecule has 0 bridgehead atoms. The molecule has 0 aromatic carbocycles. The lowest BCUT2D eigenvalue weighted by atomic mass is 10.1. The van der Waals surface area contributed by atoms with Crippen molar-refractivity contribution in [1.29, 1.82) is 0 Å². The molecule has 1 saturated heterocycles. The summed E-state index contributed by atoms with van der Waals surface area (Å²) in [5.74, 6) is -0.0437. The molecule has 1 unspecified atom stereocenters. The number of hydrogen-bond acceptors (Lipinski definition) is 4. The Morgan fingerprint density at radius 3 is 2.74 bits per heavy atom. The summed E-state index contributed by atoms with van der Waals surface area (Å²) in [4.78, 5) is 31.5. The standard InChI is InChI=1S/C13H19N3O3/c1-8-10(9(2)15-12(18)14-8)6-11(17)16-5-4-13(3,19)7-16/h19H,4-7H2,1-3H3,(H,14,15,18). The van der Waals surface area contributed by atoms with Gasteiger partial charge in [-0.2, -0.15) is 4.98 Å². The van der Waals surface area contributed by atoms with E-state index in [1.54, 1.807) is 25.7 Å². The number of rotatable bonds is 2. The van der Waals surface area contributed by atoms with Crippen molar-refractivity contribution < 1.29 is 9.90 Å². The zero-order valence-corrected chi connectivity index (χ0v) is 11.5. The molecule has 6 heteroatoms. The second kappa shape index (κ2) is 4.77. The van der Waals surface area contributed by atoms with E-state index in [-0.39, 0.29) is 12.3 Å². The number of aromatic amines is 1. The topological polar surface area (TPSA) is 86.3 Å². The predicted molar refractivity (Wildman–Crippen MR) is 69.9 cm³/mol. The summed E-state index contributed by atoms with van der Waals surface area (Å²) in [7, 11) is 0. The Hall–Kier alpha value is -1.69.